The van der Waals surface area contributed by atoms with E-state index in [-0.39, 0.29) is 25.4 Å². The zero-order chi connectivity index (χ0) is 23.8. The third kappa shape index (κ3) is 5.83. The number of dihydropyridines is 1. The number of carbonyl (C=O) groups excluding carboxylic acids is 2. The van der Waals surface area contributed by atoms with Gasteiger partial charge in [-0.1, -0.05) is 29.8 Å². The van der Waals surface area contributed by atoms with Gasteiger partial charge in [0.25, 0.3) is 0 Å². The van der Waals surface area contributed by atoms with Gasteiger partial charge in [0.2, 0.25) is 0 Å². The van der Waals surface area contributed by atoms with Gasteiger partial charge in [0, 0.05) is 29.7 Å². The molecule has 1 aromatic heterocycles. The quantitative estimate of drug-likeness (QED) is 0.416. The molecule has 1 unspecified atom stereocenters. The first-order valence-corrected chi connectivity index (χ1v) is 11.2. The van der Waals surface area contributed by atoms with Crippen molar-refractivity contribution in [3.8, 4) is 0 Å². The summed E-state index contributed by atoms with van der Waals surface area (Å²) in [4.78, 5) is 30.1. The van der Waals surface area contributed by atoms with Gasteiger partial charge in [-0.3, -0.25) is 0 Å². The minimum absolute atomic E-state index is 0.122. The second-order valence-corrected chi connectivity index (χ2v) is 7.71. The molecule has 33 heavy (non-hydrogen) atoms. The Kier molecular flexibility index (Phi) is 8.68. The number of carbonyl (C=O) groups is 2. The lowest BCUT2D eigenvalue weighted by molar-refractivity contribution is -0.139. The standard InChI is InChI=1S/C24H28ClN3O5/c1-4-32-23(29)20-16(3)27-19(14-31-13-12-28-11-10-26-15-28)22(24(30)33-5-2)21(20)17-8-6-7-9-18(17)25/h6-11,15,21,27H,4-5,12-14H2,1-3H3. The van der Waals surface area contributed by atoms with Crippen LogP contribution in [0.25, 0.3) is 0 Å². The summed E-state index contributed by atoms with van der Waals surface area (Å²) in [6.45, 7) is 6.75. The van der Waals surface area contributed by atoms with Crippen LogP contribution in [0.4, 0.5) is 0 Å². The van der Waals surface area contributed by atoms with Gasteiger partial charge in [0.05, 0.1) is 55.5 Å². The molecule has 0 spiro atoms. The maximum Gasteiger partial charge on any atom is 0.336 e. The number of esters is 2. The Morgan fingerprint density at radius 2 is 1.82 bits per heavy atom. The predicted molar refractivity (Wildman–Crippen MR) is 123 cm³/mol. The summed E-state index contributed by atoms with van der Waals surface area (Å²) in [7, 11) is 0. The van der Waals surface area contributed by atoms with E-state index < -0.39 is 17.9 Å². The van der Waals surface area contributed by atoms with Crippen molar-refractivity contribution in [3.05, 3.63) is 76.1 Å². The smallest absolute Gasteiger partial charge is 0.336 e. The Labute approximate surface area is 198 Å². The highest BCUT2D eigenvalue weighted by Crippen LogP contribution is 2.41. The highest BCUT2D eigenvalue weighted by Gasteiger charge is 2.39. The summed E-state index contributed by atoms with van der Waals surface area (Å²) in [6, 6.07) is 7.12. The molecular weight excluding hydrogens is 446 g/mol. The van der Waals surface area contributed by atoms with Crippen molar-refractivity contribution >= 4 is 23.5 Å². The van der Waals surface area contributed by atoms with Gasteiger partial charge in [-0.15, -0.1) is 0 Å². The van der Waals surface area contributed by atoms with Crippen LogP contribution in [-0.4, -0.2) is 47.9 Å². The minimum atomic E-state index is -0.759. The summed E-state index contributed by atoms with van der Waals surface area (Å²) >= 11 is 6.52. The van der Waals surface area contributed by atoms with E-state index >= 15 is 0 Å². The molecule has 1 aliphatic heterocycles. The molecule has 2 aromatic rings. The molecule has 0 aliphatic carbocycles. The van der Waals surface area contributed by atoms with E-state index in [0.29, 0.717) is 40.7 Å². The van der Waals surface area contributed by atoms with Crippen molar-refractivity contribution < 1.29 is 23.8 Å². The summed E-state index contributed by atoms with van der Waals surface area (Å²) in [5.41, 5.74) is 2.30. The number of benzene rings is 1. The van der Waals surface area contributed by atoms with Crippen LogP contribution >= 0.6 is 11.6 Å². The second-order valence-electron chi connectivity index (χ2n) is 7.30. The molecule has 1 N–H and O–H groups in total. The van der Waals surface area contributed by atoms with Crippen molar-refractivity contribution in [2.24, 2.45) is 0 Å². The Bertz CT molecular complexity index is 1050. The molecule has 0 fully saturated rings. The zero-order valence-electron chi connectivity index (χ0n) is 19.0. The minimum Gasteiger partial charge on any atom is -0.463 e. The lowest BCUT2D eigenvalue weighted by Gasteiger charge is -2.32. The van der Waals surface area contributed by atoms with Crippen LogP contribution < -0.4 is 5.32 Å². The Morgan fingerprint density at radius 1 is 1.12 bits per heavy atom. The summed E-state index contributed by atoms with van der Waals surface area (Å²) in [5, 5.41) is 3.61. The first kappa shape index (κ1) is 24.5. The number of hydrogen-bond donors (Lipinski definition) is 1. The Morgan fingerprint density at radius 3 is 2.45 bits per heavy atom. The number of nitrogens with one attached hydrogen (secondary N) is 1. The van der Waals surface area contributed by atoms with Gasteiger partial charge in [-0.05, 0) is 32.4 Å². The van der Waals surface area contributed by atoms with Gasteiger partial charge in [-0.25, -0.2) is 14.6 Å². The third-order valence-corrected chi connectivity index (χ3v) is 5.50. The second kappa shape index (κ2) is 11.7. The number of rotatable bonds is 10. The average molecular weight is 474 g/mol. The maximum absolute atomic E-state index is 13.1. The van der Waals surface area contributed by atoms with Gasteiger partial charge in [-0.2, -0.15) is 0 Å². The molecule has 0 radical (unpaired) electrons. The third-order valence-electron chi connectivity index (χ3n) is 5.15. The summed E-state index contributed by atoms with van der Waals surface area (Å²) in [5.74, 6) is -1.82. The molecule has 9 heteroatoms. The molecular formula is C24H28ClN3O5. The first-order chi connectivity index (χ1) is 16.0. The monoisotopic (exact) mass is 473 g/mol. The van der Waals surface area contributed by atoms with Gasteiger partial charge < -0.3 is 24.1 Å². The van der Waals surface area contributed by atoms with Crippen LogP contribution in [-0.2, 0) is 30.3 Å². The zero-order valence-corrected chi connectivity index (χ0v) is 19.7. The van der Waals surface area contributed by atoms with E-state index in [4.69, 9.17) is 25.8 Å². The number of allylic oxidation sites excluding steroid dienone is 1. The van der Waals surface area contributed by atoms with E-state index in [0.717, 1.165) is 0 Å². The van der Waals surface area contributed by atoms with Gasteiger partial charge in [0.1, 0.15) is 0 Å². The fraction of sp³-hybridized carbons (Fsp3) is 0.375. The summed E-state index contributed by atoms with van der Waals surface area (Å²) in [6.07, 6.45) is 5.25. The predicted octanol–water partition coefficient (Wildman–Crippen LogP) is 3.59. The van der Waals surface area contributed by atoms with Crippen molar-refractivity contribution in [2.75, 3.05) is 26.4 Å². The normalized spacial score (nSPS) is 15.9. The lowest BCUT2D eigenvalue weighted by Crippen LogP contribution is -2.35. The number of ether oxygens (including phenoxy) is 3. The average Bonchev–Trinajstić information content (AvgIpc) is 3.30. The number of hydrogen-bond acceptors (Lipinski definition) is 7. The maximum atomic E-state index is 13.1. The fourth-order valence-electron chi connectivity index (χ4n) is 3.72. The van der Waals surface area contributed by atoms with E-state index in [2.05, 4.69) is 10.3 Å². The van der Waals surface area contributed by atoms with Crippen LogP contribution in [0.2, 0.25) is 5.02 Å². The first-order valence-electron chi connectivity index (χ1n) is 10.8. The van der Waals surface area contributed by atoms with E-state index in [1.54, 1.807) is 51.5 Å². The van der Waals surface area contributed by atoms with Gasteiger partial charge in [0.15, 0.2) is 0 Å². The van der Waals surface area contributed by atoms with E-state index in [1.807, 2.05) is 16.8 Å². The van der Waals surface area contributed by atoms with Crippen LogP contribution in [0.5, 0.6) is 0 Å². The largest absolute Gasteiger partial charge is 0.463 e. The molecule has 3 rings (SSSR count). The Balaban J connectivity index is 2.00. The highest BCUT2D eigenvalue weighted by atomic mass is 35.5. The van der Waals surface area contributed by atoms with Crippen LogP contribution in [0.3, 0.4) is 0 Å². The van der Waals surface area contributed by atoms with Crippen LogP contribution in [0, 0.1) is 0 Å². The van der Waals surface area contributed by atoms with Crippen LogP contribution in [0.1, 0.15) is 32.3 Å². The highest BCUT2D eigenvalue weighted by molar-refractivity contribution is 6.31. The molecule has 1 atom stereocenters. The van der Waals surface area contributed by atoms with E-state index in [9.17, 15) is 9.59 Å². The molecule has 1 aliphatic rings. The fourth-order valence-corrected chi connectivity index (χ4v) is 3.97. The number of aromatic nitrogens is 2. The topological polar surface area (TPSA) is 91.7 Å². The van der Waals surface area contributed by atoms with Crippen molar-refractivity contribution in [2.45, 2.75) is 33.2 Å². The molecule has 0 amide bonds. The van der Waals surface area contributed by atoms with Crippen molar-refractivity contribution in [1.29, 1.82) is 0 Å². The number of halogens is 1. The molecule has 2 heterocycles. The lowest BCUT2D eigenvalue weighted by atomic mass is 9.80. The van der Waals surface area contributed by atoms with Crippen molar-refractivity contribution in [1.82, 2.24) is 14.9 Å². The molecule has 0 saturated heterocycles. The number of imidazole rings is 1. The Hall–Kier alpha value is -3.10. The molecule has 0 saturated carbocycles. The van der Waals surface area contributed by atoms with E-state index in [1.165, 1.54) is 0 Å². The molecule has 176 valence electrons. The SMILES string of the molecule is CCOC(=O)C1=C(C)NC(COCCn2ccnc2)=C(C(=O)OCC)C1c1ccccc1Cl. The molecule has 8 nitrogen and oxygen atoms in total. The molecule has 0 bridgehead atoms. The van der Waals surface area contributed by atoms with Gasteiger partial charge >= 0.3 is 11.9 Å². The molecule has 1 aromatic carbocycles. The van der Waals surface area contributed by atoms with Crippen LogP contribution in [0.15, 0.2) is 65.5 Å². The van der Waals surface area contributed by atoms with Crippen molar-refractivity contribution in [3.63, 3.8) is 0 Å². The summed E-state index contributed by atoms with van der Waals surface area (Å²) < 4.78 is 18.4. The number of nitrogens with zero attached hydrogens (tertiary/aromatic N) is 2.